The van der Waals surface area contributed by atoms with Crippen LogP contribution in [-0.2, 0) is 4.79 Å². The number of fused-ring (bicyclic) bond motifs is 1. The van der Waals surface area contributed by atoms with Crippen LogP contribution in [0.5, 0.6) is 5.75 Å². The van der Waals surface area contributed by atoms with Crippen molar-refractivity contribution in [2.24, 2.45) is 0 Å². The van der Waals surface area contributed by atoms with Crippen LogP contribution in [0.25, 0.3) is 22.5 Å². The predicted octanol–water partition coefficient (Wildman–Crippen LogP) is 7.08. The van der Waals surface area contributed by atoms with Gasteiger partial charge in [0.05, 0.1) is 17.3 Å². The van der Waals surface area contributed by atoms with Crippen LogP contribution in [0.2, 0.25) is 0 Å². The molecule has 156 valence electrons. The lowest BCUT2D eigenvalue weighted by Crippen LogP contribution is -2.24. The lowest BCUT2D eigenvalue weighted by atomic mass is 10.1. The molecule has 32 heavy (non-hydrogen) atoms. The average molecular weight is 482 g/mol. The van der Waals surface area contributed by atoms with Gasteiger partial charge in [-0.15, -0.1) is 0 Å². The van der Waals surface area contributed by atoms with Gasteiger partial charge >= 0.3 is 0 Å². The highest BCUT2D eigenvalue weighted by atomic mass is 79.9. The number of nitrogens with zero attached hydrogens (tertiary/aromatic N) is 1. The molecule has 0 saturated heterocycles. The van der Waals surface area contributed by atoms with E-state index >= 15 is 0 Å². The Morgan fingerprint density at radius 2 is 1.59 bits per heavy atom. The molecular weight excluding hydrogens is 462 g/mol. The van der Waals surface area contributed by atoms with Gasteiger partial charge in [-0.2, -0.15) is 0 Å². The number of carbonyl (C=O) groups excluding carboxylic acids is 1. The molecule has 4 aromatic carbocycles. The molecule has 4 aromatic rings. The summed E-state index contributed by atoms with van der Waals surface area (Å²) in [6.45, 7) is 0. The number of ether oxygens (including phenoxy) is 1. The van der Waals surface area contributed by atoms with Gasteiger partial charge in [0, 0.05) is 11.3 Å². The van der Waals surface area contributed by atoms with Crippen molar-refractivity contribution >= 4 is 50.1 Å². The summed E-state index contributed by atoms with van der Waals surface area (Å²) in [4.78, 5) is 15.4. The Kier molecular flexibility index (Phi) is 5.38. The summed E-state index contributed by atoms with van der Waals surface area (Å²) in [5, 5.41) is 2.24. The Morgan fingerprint density at radius 3 is 2.34 bits per heavy atom. The fraction of sp³-hybridized carbons (Fsp3) is 0.0357. The molecule has 1 heterocycles. The molecule has 5 rings (SSSR count). The van der Waals surface area contributed by atoms with Gasteiger partial charge in [0.1, 0.15) is 5.75 Å². The van der Waals surface area contributed by atoms with Gasteiger partial charge in [-0.1, -0.05) is 66.7 Å². The number of anilines is 1. The zero-order valence-corrected chi connectivity index (χ0v) is 19.0. The molecule has 3 nitrogen and oxygen atoms in total. The standard InChI is InChI=1S/C28H20BrNO2/c1-32-27-14-11-19(16-25(27)29)15-23-18-26(21-8-3-2-4-9-21)30(28(23)31)24-13-12-20-7-5-6-10-22(20)17-24/h2-18H,1H3/b23-15-. The smallest absolute Gasteiger partial charge is 0.262 e. The maximum absolute atomic E-state index is 13.6. The molecule has 0 fully saturated rings. The minimum absolute atomic E-state index is 0.0499. The molecule has 0 spiro atoms. The molecule has 0 aliphatic carbocycles. The Morgan fingerprint density at radius 1 is 0.844 bits per heavy atom. The molecule has 0 atom stereocenters. The highest BCUT2D eigenvalue weighted by Gasteiger charge is 2.30. The first-order valence-corrected chi connectivity index (χ1v) is 11.1. The molecule has 0 unspecified atom stereocenters. The molecule has 4 heteroatoms. The lowest BCUT2D eigenvalue weighted by Gasteiger charge is -2.21. The van der Waals surface area contributed by atoms with Gasteiger partial charge in [0.25, 0.3) is 5.91 Å². The first kappa shape index (κ1) is 20.3. The number of amides is 1. The quantitative estimate of drug-likeness (QED) is 0.291. The normalized spacial score (nSPS) is 14.8. The van der Waals surface area contributed by atoms with E-state index in [0.717, 1.165) is 43.5 Å². The van der Waals surface area contributed by atoms with Crippen molar-refractivity contribution in [3.8, 4) is 5.75 Å². The second-order valence-corrected chi connectivity index (χ2v) is 8.42. The van der Waals surface area contributed by atoms with Crippen molar-refractivity contribution in [2.45, 2.75) is 0 Å². The van der Waals surface area contributed by atoms with E-state index < -0.39 is 0 Å². The minimum atomic E-state index is -0.0499. The maximum Gasteiger partial charge on any atom is 0.262 e. The van der Waals surface area contributed by atoms with Crippen molar-refractivity contribution < 1.29 is 9.53 Å². The number of methoxy groups -OCH3 is 1. The monoisotopic (exact) mass is 481 g/mol. The third kappa shape index (κ3) is 3.74. The summed E-state index contributed by atoms with van der Waals surface area (Å²) < 4.78 is 6.17. The first-order chi connectivity index (χ1) is 15.6. The van der Waals surface area contributed by atoms with E-state index in [1.807, 2.05) is 78.9 Å². The molecule has 0 radical (unpaired) electrons. The average Bonchev–Trinajstić information content (AvgIpc) is 3.15. The Labute approximate surface area is 195 Å². The number of carbonyl (C=O) groups is 1. The van der Waals surface area contributed by atoms with Gasteiger partial charge in [0.2, 0.25) is 0 Å². The van der Waals surface area contributed by atoms with Gasteiger partial charge in [-0.05, 0) is 74.2 Å². The van der Waals surface area contributed by atoms with E-state index in [-0.39, 0.29) is 5.91 Å². The van der Waals surface area contributed by atoms with Crippen LogP contribution in [0.15, 0.2) is 107 Å². The Hall–Kier alpha value is -3.63. The third-order valence-electron chi connectivity index (χ3n) is 5.54. The summed E-state index contributed by atoms with van der Waals surface area (Å²) in [6.07, 6.45) is 3.88. The Bertz CT molecular complexity index is 1390. The molecule has 0 bridgehead atoms. The van der Waals surface area contributed by atoms with E-state index in [4.69, 9.17) is 4.74 Å². The number of hydrogen-bond donors (Lipinski definition) is 0. The zero-order chi connectivity index (χ0) is 22.1. The van der Waals surface area contributed by atoms with Crippen molar-refractivity contribution in [1.82, 2.24) is 0 Å². The second kappa shape index (κ2) is 8.48. The fourth-order valence-corrected chi connectivity index (χ4v) is 4.52. The molecule has 0 N–H and O–H groups in total. The summed E-state index contributed by atoms with van der Waals surface area (Å²) >= 11 is 3.53. The van der Waals surface area contributed by atoms with Gasteiger partial charge in [-0.3, -0.25) is 9.69 Å². The van der Waals surface area contributed by atoms with E-state index in [1.54, 1.807) is 12.0 Å². The SMILES string of the molecule is COc1ccc(/C=C2/C=C(c3ccccc3)N(c3ccc4ccccc4c3)C2=O)cc1Br. The molecule has 0 aromatic heterocycles. The van der Waals surface area contributed by atoms with Crippen LogP contribution in [-0.4, -0.2) is 13.0 Å². The number of benzene rings is 4. The van der Waals surface area contributed by atoms with Gasteiger partial charge in [-0.25, -0.2) is 0 Å². The minimum Gasteiger partial charge on any atom is -0.496 e. The van der Waals surface area contributed by atoms with Crippen LogP contribution in [0.3, 0.4) is 0 Å². The molecule has 1 aliphatic heterocycles. The largest absolute Gasteiger partial charge is 0.496 e. The zero-order valence-electron chi connectivity index (χ0n) is 17.5. The summed E-state index contributed by atoms with van der Waals surface area (Å²) in [5.41, 5.74) is 4.26. The van der Waals surface area contributed by atoms with Gasteiger partial charge < -0.3 is 4.74 Å². The van der Waals surface area contributed by atoms with Crippen LogP contribution < -0.4 is 9.64 Å². The van der Waals surface area contributed by atoms with Crippen molar-refractivity contribution in [2.75, 3.05) is 12.0 Å². The van der Waals surface area contributed by atoms with E-state index in [9.17, 15) is 4.79 Å². The summed E-state index contributed by atoms with van der Waals surface area (Å²) in [6, 6.07) is 30.1. The maximum atomic E-state index is 13.6. The summed E-state index contributed by atoms with van der Waals surface area (Å²) in [7, 11) is 1.63. The van der Waals surface area contributed by atoms with E-state index in [1.165, 1.54) is 0 Å². The van der Waals surface area contributed by atoms with Gasteiger partial charge in [0.15, 0.2) is 0 Å². The number of rotatable bonds is 4. The molecule has 1 aliphatic rings. The van der Waals surface area contributed by atoms with Crippen molar-refractivity contribution in [3.05, 3.63) is 118 Å². The first-order valence-electron chi connectivity index (χ1n) is 10.3. The van der Waals surface area contributed by atoms with Crippen LogP contribution >= 0.6 is 15.9 Å². The van der Waals surface area contributed by atoms with Crippen LogP contribution in [0.4, 0.5) is 5.69 Å². The highest BCUT2D eigenvalue weighted by Crippen LogP contribution is 2.37. The van der Waals surface area contributed by atoms with Crippen LogP contribution in [0.1, 0.15) is 11.1 Å². The number of hydrogen-bond acceptors (Lipinski definition) is 2. The Balaban J connectivity index is 1.62. The second-order valence-electron chi connectivity index (χ2n) is 7.56. The highest BCUT2D eigenvalue weighted by molar-refractivity contribution is 9.10. The molecule has 1 amide bonds. The topological polar surface area (TPSA) is 29.5 Å². The van der Waals surface area contributed by atoms with Crippen molar-refractivity contribution in [3.63, 3.8) is 0 Å². The molecular formula is C28H20BrNO2. The van der Waals surface area contributed by atoms with E-state index in [2.05, 4.69) is 40.2 Å². The number of halogens is 1. The van der Waals surface area contributed by atoms with Crippen LogP contribution in [0, 0.1) is 0 Å². The van der Waals surface area contributed by atoms with E-state index in [0.29, 0.717) is 5.57 Å². The lowest BCUT2D eigenvalue weighted by molar-refractivity contribution is -0.113. The van der Waals surface area contributed by atoms with Crippen molar-refractivity contribution in [1.29, 1.82) is 0 Å². The summed E-state index contributed by atoms with van der Waals surface area (Å²) in [5.74, 6) is 0.703. The third-order valence-corrected chi connectivity index (χ3v) is 6.16. The fourth-order valence-electron chi connectivity index (χ4n) is 3.96. The predicted molar refractivity (Wildman–Crippen MR) is 135 cm³/mol. The molecule has 0 saturated carbocycles.